The van der Waals surface area contributed by atoms with Crippen molar-refractivity contribution < 1.29 is 40.7 Å². The fourth-order valence-electron chi connectivity index (χ4n) is 2.73. The van der Waals surface area contributed by atoms with Gasteiger partial charge in [-0.05, 0) is 31.2 Å². The molecule has 2 amide bonds. The molecule has 0 saturated carbocycles. The second kappa shape index (κ2) is 9.44. The molecule has 1 atom stereocenters. The number of rotatable bonds is 6. The maximum atomic E-state index is 13.6. The molecule has 33 heavy (non-hydrogen) atoms. The Morgan fingerprint density at radius 3 is 2.64 bits per heavy atom. The van der Waals surface area contributed by atoms with Crippen LogP contribution in [0.25, 0.3) is 0 Å². The number of halogens is 3. The first kappa shape index (κ1) is 24.0. The molecular weight excluding hydrogens is 469 g/mol. The normalized spacial score (nSPS) is 17.3. The molecule has 0 bridgehead atoms. The van der Waals surface area contributed by atoms with Crippen molar-refractivity contribution in [2.24, 2.45) is 4.40 Å². The van der Waals surface area contributed by atoms with Crippen LogP contribution in [0.1, 0.15) is 6.92 Å². The van der Waals surface area contributed by atoms with E-state index in [0.717, 1.165) is 6.07 Å². The molecule has 0 spiro atoms. The number of carbonyl (C=O) groups excluding carboxylic acids is 3. The zero-order valence-electron chi connectivity index (χ0n) is 17.0. The van der Waals surface area contributed by atoms with E-state index in [2.05, 4.69) is 9.71 Å². The number of nitrogens with zero attached hydrogens (tertiary/aromatic N) is 2. The molecule has 176 valence electrons. The number of nitrogens with one attached hydrogen (secondary N) is 2. The van der Waals surface area contributed by atoms with E-state index in [0.29, 0.717) is 6.07 Å². The first-order valence-corrected chi connectivity index (χ1v) is 11.0. The number of hydrogen-bond donors (Lipinski definition) is 2. The lowest BCUT2D eigenvalue weighted by molar-refractivity contribution is -0.151. The summed E-state index contributed by atoms with van der Waals surface area (Å²) >= 11 is 0. The molecule has 1 aromatic carbocycles. The molecule has 10 nitrogen and oxygen atoms in total. The molecule has 3 rings (SSSR count). The van der Waals surface area contributed by atoms with Gasteiger partial charge in [0.25, 0.3) is 15.9 Å². The molecule has 0 aliphatic carbocycles. The summed E-state index contributed by atoms with van der Waals surface area (Å²) in [5.41, 5.74) is -0.573. The number of carbonyl (C=O) groups is 3. The van der Waals surface area contributed by atoms with Gasteiger partial charge in [0.05, 0.1) is 23.6 Å². The summed E-state index contributed by atoms with van der Waals surface area (Å²) in [5, 5.41) is 4.13. The minimum atomic E-state index is -3.55. The van der Waals surface area contributed by atoms with Crippen LogP contribution in [-0.2, 0) is 29.1 Å². The molecule has 2 N–H and O–H groups in total. The largest absolute Gasteiger partial charge is 0.449 e. The van der Waals surface area contributed by atoms with E-state index in [1.54, 1.807) is 0 Å². The van der Waals surface area contributed by atoms with E-state index in [1.165, 1.54) is 30.2 Å². The first-order chi connectivity index (χ1) is 15.5. The number of amidine groups is 1. The standard InChI is InChI=1S/C19H17F3N4O6S/c1-10(18(28)23-8-15(27)24-13-4-3-12(20)16(21)17(13)22)32-19(29)11-2-5-14-25-33(30,31)7-6-26(14)9-11/h2-5,9-10H,6-8H2,1H3,(H,23,28)(H,24,27). The Labute approximate surface area is 185 Å². The highest BCUT2D eigenvalue weighted by atomic mass is 32.2. The summed E-state index contributed by atoms with van der Waals surface area (Å²) in [6.07, 6.45) is 2.62. The van der Waals surface area contributed by atoms with Crippen molar-refractivity contribution in [1.29, 1.82) is 0 Å². The second-order valence-corrected chi connectivity index (χ2v) is 8.64. The molecule has 1 unspecified atom stereocenters. The van der Waals surface area contributed by atoms with E-state index >= 15 is 0 Å². The van der Waals surface area contributed by atoms with Gasteiger partial charge in [0.15, 0.2) is 23.6 Å². The minimum Gasteiger partial charge on any atom is -0.449 e. The number of anilines is 1. The van der Waals surface area contributed by atoms with Crippen molar-refractivity contribution in [3.63, 3.8) is 0 Å². The lowest BCUT2D eigenvalue weighted by Gasteiger charge is -2.27. The molecule has 2 aliphatic heterocycles. The van der Waals surface area contributed by atoms with Crippen molar-refractivity contribution in [3.8, 4) is 0 Å². The van der Waals surface area contributed by atoms with Crippen LogP contribution in [0.2, 0.25) is 0 Å². The molecule has 2 aliphatic rings. The summed E-state index contributed by atoms with van der Waals surface area (Å²) in [7, 11) is -3.55. The van der Waals surface area contributed by atoms with Gasteiger partial charge >= 0.3 is 5.97 Å². The Balaban J connectivity index is 1.51. The zero-order valence-corrected chi connectivity index (χ0v) is 17.8. The van der Waals surface area contributed by atoms with Crippen LogP contribution in [-0.4, -0.2) is 61.9 Å². The van der Waals surface area contributed by atoms with E-state index in [9.17, 15) is 36.0 Å². The predicted octanol–water partition coefficient (Wildman–Crippen LogP) is 0.588. The summed E-state index contributed by atoms with van der Waals surface area (Å²) in [6.45, 7) is 0.670. The van der Waals surface area contributed by atoms with Gasteiger partial charge < -0.3 is 20.3 Å². The lowest BCUT2D eigenvalue weighted by atomic mass is 10.2. The van der Waals surface area contributed by atoms with Crippen molar-refractivity contribution in [3.05, 3.63) is 53.5 Å². The molecule has 0 aromatic heterocycles. The summed E-state index contributed by atoms with van der Waals surface area (Å²) in [5.74, 6) is -7.52. The van der Waals surface area contributed by atoms with Gasteiger partial charge in [0, 0.05) is 12.7 Å². The number of sulfonamides is 1. The van der Waals surface area contributed by atoms with E-state index in [-0.39, 0.29) is 23.7 Å². The Morgan fingerprint density at radius 1 is 1.18 bits per heavy atom. The van der Waals surface area contributed by atoms with Crippen LogP contribution in [0.4, 0.5) is 18.9 Å². The highest BCUT2D eigenvalue weighted by molar-refractivity contribution is 7.90. The Bertz CT molecular complexity index is 1210. The molecule has 14 heteroatoms. The van der Waals surface area contributed by atoms with Crippen LogP contribution in [0.3, 0.4) is 0 Å². The predicted molar refractivity (Wildman–Crippen MR) is 109 cm³/mol. The fraction of sp³-hybridized carbons (Fsp3) is 0.263. The highest BCUT2D eigenvalue weighted by Crippen LogP contribution is 2.19. The smallest absolute Gasteiger partial charge is 0.340 e. The number of benzene rings is 1. The molecule has 1 aromatic rings. The maximum Gasteiger partial charge on any atom is 0.340 e. The Kier molecular flexibility index (Phi) is 6.86. The van der Waals surface area contributed by atoms with Gasteiger partial charge in [0.2, 0.25) is 5.91 Å². The summed E-state index contributed by atoms with van der Waals surface area (Å²) < 4.78 is 71.3. The number of ether oxygens (including phenoxy) is 1. The maximum absolute atomic E-state index is 13.6. The Hall–Kier alpha value is -3.68. The monoisotopic (exact) mass is 486 g/mol. The highest BCUT2D eigenvalue weighted by Gasteiger charge is 2.27. The Morgan fingerprint density at radius 2 is 1.91 bits per heavy atom. The average Bonchev–Trinajstić information content (AvgIpc) is 2.76. The number of amides is 2. The number of hydrogen-bond acceptors (Lipinski definition) is 7. The van der Waals surface area contributed by atoms with E-state index < -0.39 is 63.6 Å². The summed E-state index contributed by atoms with van der Waals surface area (Å²) in [4.78, 5) is 37.7. The second-order valence-electron chi connectivity index (χ2n) is 6.88. The van der Waals surface area contributed by atoms with Crippen molar-refractivity contribution in [1.82, 2.24) is 10.2 Å². The minimum absolute atomic E-state index is 0.0412. The quantitative estimate of drug-likeness (QED) is 0.444. The van der Waals surface area contributed by atoms with Crippen molar-refractivity contribution in [2.45, 2.75) is 13.0 Å². The average molecular weight is 486 g/mol. The van der Waals surface area contributed by atoms with Crippen LogP contribution in [0.5, 0.6) is 0 Å². The molecule has 0 radical (unpaired) electrons. The van der Waals surface area contributed by atoms with Gasteiger partial charge in [0.1, 0.15) is 5.84 Å². The first-order valence-electron chi connectivity index (χ1n) is 9.38. The summed E-state index contributed by atoms with van der Waals surface area (Å²) in [6, 6.07) is 1.44. The third kappa shape index (κ3) is 5.77. The van der Waals surface area contributed by atoms with Crippen molar-refractivity contribution in [2.75, 3.05) is 24.2 Å². The fourth-order valence-corrected chi connectivity index (χ4v) is 3.70. The van der Waals surface area contributed by atoms with E-state index in [4.69, 9.17) is 4.74 Å². The van der Waals surface area contributed by atoms with Crippen LogP contribution < -0.4 is 10.6 Å². The molecule has 2 heterocycles. The van der Waals surface area contributed by atoms with Crippen LogP contribution in [0, 0.1) is 17.5 Å². The van der Waals surface area contributed by atoms with Crippen LogP contribution in [0.15, 0.2) is 40.5 Å². The van der Waals surface area contributed by atoms with Crippen LogP contribution >= 0.6 is 0 Å². The molecule has 0 saturated heterocycles. The van der Waals surface area contributed by atoms with E-state index in [1.807, 2.05) is 5.32 Å². The molecular formula is C19H17F3N4O6S. The van der Waals surface area contributed by atoms with Gasteiger partial charge in [-0.1, -0.05) is 0 Å². The number of fused-ring (bicyclic) bond motifs is 1. The van der Waals surface area contributed by atoms with Gasteiger partial charge in [-0.3, -0.25) is 9.59 Å². The zero-order chi connectivity index (χ0) is 24.3. The topological polar surface area (TPSA) is 134 Å². The SMILES string of the molecule is CC(OC(=O)C1=CN2CCS(=O)(=O)N=C2C=C1)C(=O)NCC(=O)Nc1ccc(F)c(F)c1F. The number of esters is 1. The van der Waals surface area contributed by atoms with Gasteiger partial charge in [-0.2, -0.15) is 0 Å². The third-order valence-electron chi connectivity index (χ3n) is 4.45. The van der Waals surface area contributed by atoms with Crippen molar-refractivity contribution >= 4 is 39.3 Å². The lowest BCUT2D eigenvalue weighted by Crippen LogP contribution is -2.41. The van der Waals surface area contributed by atoms with Gasteiger partial charge in [-0.25, -0.2) is 26.4 Å². The van der Waals surface area contributed by atoms with Gasteiger partial charge in [-0.15, -0.1) is 4.40 Å². The molecule has 0 fully saturated rings. The third-order valence-corrected chi connectivity index (χ3v) is 5.61.